The Labute approximate surface area is 126 Å². The average Bonchev–Trinajstić information content (AvgIpc) is 3.19. The van der Waals surface area contributed by atoms with Gasteiger partial charge in [-0.3, -0.25) is 9.59 Å². The van der Waals surface area contributed by atoms with Crippen molar-refractivity contribution in [2.45, 2.75) is 70.7 Å². The van der Waals surface area contributed by atoms with Gasteiger partial charge in [-0.25, -0.2) is 0 Å². The first-order chi connectivity index (χ1) is 10.0. The molecule has 2 atom stereocenters. The summed E-state index contributed by atoms with van der Waals surface area (Å²) in [4.78, 5) is 27.2. The third-order valence-corrected chi connectivity index (χ3v) is 4.98. The predicted molar refractivity (Wildman–Crippen MR) is 78.6 cm³/mol. The third kappa shape index (κ3) is 2.68. The van der Waals surface area contributed by atoms with Gasteiger partial charge < -0.3 is 15.0 Å². The van der Waals surface area contributed by atoms with Crippen molar-refractivity contribution in [2.75, 3.05) is 6.61 Å². The Morgan fingerprint density at radius 2 is 1.95 bits per heavy atom. The molecule has 1 saturated heterocycles. The van der Waals surface area contributed by atoms with Crippen LogP contribution >= 0.6 is 0 Å². The minimum Gasteiger partial charge on any atom is -0.378 e. The Bertz CT molecular complexity index is 427. The lowest BCUT2D eigenvalue weighted by atomic mass is 9.83. The zero-order chi connectivity index (χ0) is 15.1. The lowest BCUT2D eigenvalue weighted by Crippen LogP contribution is -2.69. The van der Waals surface area contributed by atoms with Gasteiger partial charge in [0.05, 0.1) is 6.10 Å². The molecule has 2 aliphatic carbocycles. The van der Waals surface area contributed by atoms with E-state index in [1.54, 1.807) is 0 Å². The van der Waals surface area contributed by atoms with Gasteiger partial charge in [-0.1, -0.05) is 13.8 Å². The van der Waals surface area contributed by atoms with Crippen molar-refractivity contribution in [1.82, 2.24) is 10.2 Å². The van der Waals surface area contributed by atoms with Gasteiger partial charge in [-0.05, 0) is 44.4 Å². The molecule has 3 aliphatic rings. The van der Waals surface area contributed by atoms with Crippen molar-refractivity contribution in [3.63, 3.8) is 0 Å². The summed E-state index contributed by atoms with van der Waals surface area (Å²) < 4.78 is 5.60. The van der Waals surface area contributed by atoms with E-state index in [-0.39, 0.29) is 42.0 Å². The second-order valence-corrected chi connectivity index (χ2v) is 6.96. The van der Waals surface area contributed by atoms with Gasteiger partial charge in [0.2, 0.25) is 11.8 Å². The third-order valence-electron chi connectivity index (χ3n) is 4.98. The van der Waals surface area contributed by atoms with E-state index >= 15 is 0 Å². The van der Waals surface area contributed by atoms with Gasteiger partial charge in [0, 0.05) is 12.6 Å². The molecular formula is C16H26N2O3. The normalized spacial score (nSPS) is 36.7. The fraction of sp³-hybridized carbons (Fsp3) is 0.875. The van der Waals surface area contributed by atoms with Crippen LogP contribution < -0.4 is 5.32 Å². The summed E-state index contributed by atoms with van der Waals surface area (Å²) in [5.74, 6) is 0.664. The van der Waals surface area contributed by atoms with Gasteiger partial charge in [0.15, 0.2) is 0 Å². The fourth-order valence-corrected chi connectivity index (χ4v) is 3.64. The van der Waals surface area contributed by atoms with E-state index in [2.05, 4.69) is 5.32 Å². The molecule has 2 unspecified atom stereocenters. The van der Waals surface area contributed by atoms with Crippen LogP contribution in [0.25, 0.3) is 0 Å². The molecule has 1 N–H and O–H groups in total. The van der Waals surface area contributed by atoms with Crippen molar-refractivity contribution < 1.29 is 14.3 Å². The maximum Gasteiger partial charge on any atom is 0.246 e. The van der Waals surface area contributed by atoms with Crippen LogP contribution in [0.3, 0.4) is 0 Å². The largest absolute Gasteiger partial charge is 0.378 e. The summed E-state index contributed by atoms with van der Waals surface area (Å²) in [7, 11) is 0. The van der Waals surface area contributed by atoms with Crippen LogP contribution in [0, 0.1) is 11.8 Å². The number of carbonyl (C=O) groups is 2. The number of hydrogen-bond acceptors (Lipinski definition) is 3. The molecule has 1 aliphatic heterocycles. The standard InChI is InChI=1S/C16H26N2O3/c1-4-21-12-7-11(8-12)18-14(9(2)3)15(19)17-13(16(18)20)10-5-6-10/h9-14H,4-8H2,1-3H3,(H,17,19). The summed E-state index contributed by atoms with van der Waals surface area (Å²) in [6, 6.07) is -0.424. The molecule has 3 fully saturated rings. The molecule has 1 heterocycles. The van der Waals surface area contributed by atoms with Crippen LogP contribution in [0.4, 0.5) is 0 Å². The molecule has 0 radical (unpaired) electrons. The molecule has 0 aromatic rings. The first kappa shape index (κ1) is 14.8. The molecule has 2 amide bonds. The minimum atomic E-state index is -0.319. The number of piperazine rings is 1. The average molecular weight is 294 g/mol. The van der Waals surface area contributed by atoms with E-state index in [0.29, 0.717) is 12.5 Å². The van der Waals surface area contributed by atoms with Crippen molar-refractivity contribution in [1.29, 1.82) is 0 Å². The van der Waals surface area contributed by atoms with Crippen LogP contribution in [0.2, 0.25) is 0 Å². The molecule has 5 heteroatoms. The second kappa shape index (κ2) is 5.59. The smallest absolute Gasteiger partial charge is 0.246 e. The summed E-state index contributed by atoms with van der Waals surface area (Å²) >= 11 is 0. The minimum absolute atomic E-state index is 0.0290. The van der Waals surface area contributed by atoms with Crippen LogP contribution in [0.5, 0.6) is 0 Å². The highest BCUT2D eigenvalue weighted by Crippen LogP contribution is 2.39. The highest BCUT2D eigenvalue weighted by Gasteiger charge is 2.51. The maximum atomic E-state index is 12.8. The van der Waals surface area contributed by atoms with Crippen molar-refractivity contribution in [2.24, 2.45) is 11.8 Å². The zero-order valence-electron chi connectivity index (χ0n) is 13.2. The Morgan fingerprint density at radius 1 is 1.29 bits per heavy atom. The number of amides is 2. The second-order valence-electron chi connectivity index (χ2n) is 6.96. The van der Waals surface area contributed by atoms with Crippen molar-refractivity contribution >= 4 is 11.8 Å². The van der Waals surface area contributed by atoms with Gasteiger partial charge >= 0.3 is 0 Å². The van der Waals surface area contributed by atoms with E-state index < -0.39 is 0 Å². The molecule has 2 saturated carbocycles. The number of hydrogen-bond donors (Lipinski definition) is 1. The molecule has 0 bridgehead atoms. The molecule has 0 aromatic carbocycles. The van der Waals surface area contributed by atoms with Crippen LogP contribution in [-0.2, 0) is 14.3 Å². The molecule has 118 valence electrons. The molecule has 21 heavy (non-hydrogen) atoms. The number of ether oxygens (including phenoxy) is 1. The van der Waals surface area contributed by atoms with Crippen LogP contribution in [0.15, 0.2) is 0 Å². The van der Waals surface area contributed by atoms with E-state index in [1.165, 1.54) is 0 Å². The van der Waals surface area contributed by atoms with E-state index in [4.69, 9.17) is 4.74 Å². The van der Waals surface area contributed by atoms with E-state index in [9.17, 15) is 9.59 Å². The number of rotatable bonds is 5. The lowest BCUT2D eigenvalue weighted by molar-refractivity contribution is -0.161. The topological polar surface area (TPSA) is 58.6 Å². The quantitative estimate of drug-likeness (QED) is 0.832. The summed E-state index contributed by atoms with van der Waals surface area (Å²) in [6.07, 6.45) is 4.11. The number of nitrogens with zero attached hydrogens (tertiary/aromatic N) is 1. The molecule has 0 spiro atoms. The highest BCUT2D eigenvalue weighted by molar-refractivity contribution is 5.97. The van der Waals surface area contributed by atoms with Gasteiger partial charge in [0.1, 0.15) is 12.1 Å². The predicted octanol–water partition coefficient (Wildman–Crippen LogP) is 1.32. The van der Waals surface area contributed by atoms with Gasteiger partial charge in [-0.2, -0.15) is 0 Å². The Hall–Kier alpha value is -1.10. The molecule has 5 nitrogen and oxygen atoms in total. The zero-order valence-corrected chi connectivity index (χ0v) is 13.2. The monoisotopic (exact) mass is 294 g/mol. The molecular weight excluding hydrogens is 268 g/mol. The maximum absolute atomic E-state index is 12.8. The first-order valence-corrected chi connectivity index (χ1v) is 8.27. The highest BCUT2D eigenvalue weighted by atomic mass is 16.5. The number of carbonyl (C=O) groups excluding carboxylic acids is 2. The van der Waals surface area contributed by atoms with Crippen molar-refractivity contribution in [3.05, 3.63) is 0 Å². The Morgan fingerprint density at radius 3 is 2.48 bits per heavy atom. The molecule has 3 rings (SSSR count). The van der Waals surface area contributed by atoms with Crippen LogP contribution in [0.1, 0.15) is 46.5 Å². The van der Waals surface area contributed by atoms with E-state index in [1.807, 2.05) is 25.7 Å². The summed E-state index contributed by atoms with van der Waals surface area (Å²) in [5, 5.41) is 2.97. The fourth-order valence-electron chi connectivity index (χ4n) is 3.64. The lowest BCUT2D eigenvalue weighted by Gasteiger charge is -2.50. The molecule has 0 aromatic heterocycles. The van der Waals surface area contributed by atoms with Crippen LogP contribution in [-0.4, -0.2) is 47.6 Å². The summed E-state index contributed by atoms with van der Waals surface area (Å²) in [5.41, 5.74) is 0. The van der Waals surface area contributed by atoms with Gasteiger partial charge in [0.25, 0.3) is 0 Å². The summed E-state index contributed by atoms with van der Waals surface area (Å²) in [6.45, 7) is 6.73. The Kier molecular flexibility index (Phi) is 3.95. The Balaban J connectivity index is 1.75. The van der Waals surface area contributed by atoms with Gasteiger partial charge in [-0.15, -0.1) is 0 Å². The van der Waals surface area contributed by atoms with E-state index in [0.717, 1.165) is 25.7 Å². The first-order valence-electron chi connectivity index (χ1n) is 8.27. The SMILES string of the molecule is CCOC1CC(N2C(=O)C(C3CC3)NC(=O)C2C(C)C)C1. The number of nitrogens with one attached hydrogen (secondary N) is 1. The van der Waals surface area contributed by atoms with Crippen molar-refractivity contribution in [3.8, 4) is 0 Å².